The lowest BCUT2D eigenvalue weighted by molar-refractivity contribution is -0.138. The largest absolute Gasteiger partial charge is 0.492 e. The Balaban J connectivity index is 1.19. The summed E-state index contributed by atoms with van der Waals surface area (Å²) in [5.41, 5.74) is 6.26. The smallest absolute Gasteiger partial charge is 0.307 e. The van der Waals surface area contributed by atoms with Gasteiger partial charge in [-0.05, 0) is 72.2 Å². The van der Waals surface area contributed by atoms with E-state index in [1.54, 1.807) is 0 Å². The van der Waals surface area contributed by atoms with Gasteiger partial charge in [-0.25, -0.2) is 0 Å². The van der Waals surface area contributed by atoms with E-state index in [1.807, 2.05) is 30.3 Å². The number of ether oxygens (including phenoxy) is 1. The first-order valence-corrected chi connectivity index (χ1v) is 11.8. The summed E-state index contributed by atoms with van der Waals surface area (Å²) >= 11 is 0. The number of nitrogens with one attached hydrogen (secondary N) is 1. The maximum absolute atomic E-state index is 11.1. The second kappa shape index (κ2) is 9.57. The van der Waals surface area contributed by atoms with Crippen LogP contribution in [0.2, 0.25) is 0 Å². The van der Waals surface area contributed by atoms with Gasteiger partial charge in [-0.3, -0.25) is 4.79 Å². The molecule has 3 aromatic rings. The van der Waals surface area contributed by atoms with Gasteiger partial charge in [-0.2, -0.15) is 0 Å². The average Bonchev–Trinajstić information content (AvgIpc) is 3.65. The molecule has 0 saturated heterocycles. The van der Waals surface area contributed by atoms with Gasteiger partial charge in [0.05, 0.1) is 12.5 Å². The minimum Gasteiger partial charge on any atom is -0.492 e. The van der Waals surface area contributed by atoms with Crippen molar-refractivity contribution in [1.82, 2.24) is 0 Å². The minimum atomic E-state index is -0.684. The van der Waals surface area contributed by atoms with Gasteiger partial charge >= 0.3 is 5.97 Å². The van der Waals surface area contributed by atoms with E-state index in [4.69, 9.17) is 9.84 Å². The van der Waals surface area contributed by atoms with Crippen molar-refractivity contribution < 1.29 is 14.6 Å². The summed E-state index contributed by atoms with van der Waals surface area (Å²) < 4.78 is 5.92. The van der Waals surface area contributed by atoms with E-state index in [0.29, 0.717) is 6.61 Å². The number of rotatable bonds is 9. The van der Waals surface area contributed by atoms with Crippen molar-refractivity contribution in [2.45, 2.75) is 31.7 Å². The number of para-hydroxylation sites is 1. The third-order valence-corrected chi connectivity index (χ3v) is 6.75. The van der Waals surface area contributed by atoms with Gasteiger partial charge in [0.2, 0.25) is 0 Å². The second-order valence-electron chi connectivity index (χ2n) is 8.93. The Kier molecular flexibility index (Phi) is 6.20. The van der Waals surface area contributed by atoms with Crippen LogP contribution in [0.15, 0.2) is 72.8 Å². The van der Waals surface area contributed by atoms with Gasteiger partial charge in [0.1, 0.15) is 12.4 Å². The lowest BCUT2D eigenvalue weighted by Gasteiger charge is -2.32. The highest BCUT2D eigenvalue weighted by Gasteiger charge is 2.43. The van der Waals surface area contributed by atoms with Gasteiger partial charge < -0.3 is 20.1 Å². The van der Waals surface area contributed by atoms with Crippen LogP contribution in [0.5, 0.6) is 5.75 Å². The molecule has 33 heavy (non-hydrogen) atoms. The zero-order valence-corrected chi connectivity index (χ0v) is 18.7. The molecule has 1 aliphatic carbocycles. The van der Waals surface area contributed by atoms with Crippen LogP contribution in [0.3, 0.4) is 0 Å². The number of anilines is 2. The quantitative estimate of drug-likeness (QED) is 0.470. The molecular weight excluding hydrogens is 412 g/mol. The maximum Gasteiger partial charge on any atom is 0.307 e. The fourth-order valence-electron chi connectivity index (χ4n) is 4.84. The van der Waals surface area contributed by atoms with Gasteiger partial charge in [0.15, 0.2) is 0 Å². The summed E-state index contributed by atoms with van der Waals surface area (Å²) in [7, 11) is 0. The van der Waals surface area contributed by atoms with Crippen molar-refractivity contribution in [2.24, 2.45) is 5.92 Å². The van der Waals surface area contributed by atoms with Crippen LogP contribution < -0.4 is 15.0 Å². The Labute approximate surface area is 195 Å². The predicted molar refractivity (Wildman–Crippen MR) is 131 cm³/mol. The fraction of sp³-hybridized carbons (Fsp3) is 0.321. The zero-order chi connectivity index (χ0) is 22.6. The topological polar surface area (TPSA) is 61.8 Å². The third kappa shape index (κ3) is 4.98. The van der Waals surface area contributed by atoms with Crippen molar-refractivity contribution in [2.75, 3.05) is 29.9 Å². The molecule has 0 unspecified atom stereocenters. The average molecular weight is 443 g/mol. The number of carboxylic acid groups (broad SMARTS) is 1. The standard InChI is InChI=1S/C28H30N2O3/c31-28(32)26-18-25(26)20-11-13-22(14-12-20)29-19-21-6-4-10-27-24(21)9-5-15-30(27)16-17-33-23-7-2-1-3-8-23/h1-4,6-8,10-14,25-26,29H,5,9,15-19H2,(H,31,32)/t25-,26+/m0/s1. The van der Waals surface area contributed by atoms with Gasteiger partial charge in [0, 0.05) is 24.5 Å². The van der Waals surface area contributed by atoms with Crippen molar-refractivity contribution in [1.29, 1.82) is 0 Å². The summed E-state index contributed by atoms with van der Waals surface area (Å²) in [6, 6.07) is 24.8. The normalized spacial score (nSPS) is 19.0. The highest BCUT2D eigenvalue weighted by molar-refractivity contribution is 5.75. The molecule has 2 atom stereocenters. The first kappa shape index (κ1) is 21.4. The summed E-state index contributed by atoms with van der Waals surface area (Å²) in [5.74, 6) is 0.200. The molecule has 1 aliphatic heterocycles. The Morgan fingerprint density at radius 1 is 1.03 bits per heavy atom. The fourth-order valence-corrected chi connectivity index (χ4v) is 4.84. The summed E-state index contributed by atoms with van der Waals surface area (Å²) in [4.78, 5) is 13.6. The first-order chi connectivity index (χ1) is 16.2. The molecule has 5 rings (SSSR count). The Morgan fingerprint density at radius 3 is 2.61 bits per heavy atom. The Hall–Kier alpha value is -3.47. The molecule has 5 heteroatoms. The van der Waals surface area contributed by atoms with E-state index >= 15 is 0 Å². The number of nitrogens with zero attached hydrogens (tertiary/aromatic N) is 1. The number of hydrogen-bond donors (Lipinski definition) is 2. The van der Waals surface area contributed by atoms with Gasteiger partial charge in [-0.1, -0.05) is 42.5 Å². The van der Waals surface area contributed by atoms with E-state index < -0.39 is 5.97 Å². The minimum absolute atomic E-state index is 0.176. The van der Waals surface area contributed by atoms with Crippen molar-refractivity contribution in [3.63, 3.8) is 0 Å². The Bertz CT molecular complexity index is 1100. The molecule has 170 valence electrons. The molecule has 1 saturated carbocycles. The van der Waals surface area contributed by atoms with Gasteiger partial charge in [0.25, 0.3) is 0 Å². The van der Waals surface area contributed by atoms with Crippen LogP contribution in [0, 0.1) is 5.92 Å². The number of carboxylic acids is 1. The molecule has 3 aromatic carbocycles. The van der Waals surface area contributed by atoms with Gasteiger partial charge in [-0.15, -0.1) is 0 Å². The molecule has 0 amide bonds. The number of aliphatic carboxylic acids is 1. The highest BCUT2D eigenvalue weighted by Crippen LogP contribution is 2.47. The van der Waals surface area contributed by atoms with E-state index in [1.165, 1.54) is 16.8 Å². The molecule has 5 nitrogen and oxygen atoms in total. The highest BCUT2D eigenvalue weighted by atomic mass is 16.5. The first-order valence-electron chi connectivity index (χ1n) is 11.8. The third-order valence-electron chi connectivity index (χ3n) is 6.75. The lowest BCUT2D eigenvalue weighted by Crippen LogP contribution is -2.33. The van der Waals surface area contributed by atoms with Crippen LogP contribution in [-0.4, -0.2) is 30.8 Å². The molecular formula is C28H30N2O3. The van der Waals surface area contributed by atoms with Crippen molar-refractivity contribution >= 4 is 17.3 Å². The van der Waals surface area contributed by atoms with Crippen LogP contribution >= 0.6 is 0 Å². The van der Waals surface area contributed by atoms with E-state index in [9.17, 15) is 4.79 Å². The molecule has 2 N–H and O–H groups in total. The van der Waals surface area contributed by atoms with Crippen LogP contribution in [-0.2, 0) is 17.8 Å². The molecule has 0 aromatic heterocycles. The maximum atomic E-state index is 11.1. The number of carbonyl (C=O) groups is 1. The molecule has 1 heterocycles. The summed E-state index contributed by atoms with van der Waals surface area (Å²) in [6.45, 7) is 3.38. The number of hydrogen-bond acceptors (Lipinski definition) is 4. The molecule has 1 fully saturated rings. The summed E-state index contributed by atoms with van der Waals surface area (Å²) in [5, 5.41) is 12.7. The van der Waals surface area contributed by atoms with E-state index in [2.05, 4.69) is 52.7 Å². The van der Waals surface area contributed by atoms with Crippen molar-refractivity contribution in [3.8, 4) is 5.75 Å². The molecule has 0 bridgehead atoms. The van der Waals surface area contributed by atoms with Crippen LogP contribution in [0.1, 0.15) is 35.4 Å². The molecule has 2 aliphatic rings. The zero-order valence-electron chi connectivity index (χ0n) is 18.7. The predicted octanol–water partition coefficient (Wildman–Crippen LogP) is 5.32. The van der Waals surface area contributed by atoms with Crippen molar-refractivity contribution in [3.05, 3.63) is 89.5 Å². The molecule has 0 radical (unpaired) electrons. The number of fused-ring (bicyclic) bond motifs is 1. The second-order valence-corrected chi connectivity index (χ2v) is 8.93. The van der Waals surface area contributed by atoms with Crippen LogP contribution in [0.4, 0.5) is 11.4 Å². The number of benzene rings is 3. The van der Waals surface area contributed by atoms with E-state index in [0.717, 1.165) is 55.9 Å². The lowest BCUT2D eigenvalue weighted by atomic mass is 9.96. The Morgan fingerprint density at radius 2 is 1.85 bits per heavy atom. The van der Waals surface area contributed by atoms with Crippen LogP contribution in [0.25, 0.3) is 0 Å². The monoisotopic (exact) mass is 442 g/mol. The SMILES string of the molecule is O=C(O)[C@@H]1C[C@H]1c1ccc(NCc2cccc3c2CCCN3CCOc2ccccc2)cc1. The summed E-state index contributed by atoms with van der Waals surface area (Å²) in [6.07, 6.45) is 3.00. The molecule has 0 spiro atoms. The van der Waals surface area contributed by atoms with E-state index in [-0.39, 0.29) is 11.8 Å².